The molecular formula is C37H44N6O7S. The molecule has 5 atom stereocenters. The minimum atomic E-state index is -1.20. The predicted molar refractivity (Wildman–Crippen MR) is 189 cm³/mol. The molecule has 270 valence electrons. The molecule has 0 radical (unpaired) electrons. The fraction of sp³-hybridized carbons (Fsp3) is 0.541. The van der Waals surface area contributed by atoms with Crippen molar-refractivity contribution < 1.29 is 33.4 Å². The number of aromatic nitrogens is 3. The molecule has 14 heteroatoms. The molecule has 2 aliphatic carbocycles. The number of pyridine rings is 1. The van der Waals surface area contributed by atoms with Gasteiger partial charge in [-0.05, 0) is 81.4 Å². The number of methoxy groups -OCH3 is 1. The van der Waals surface area contributed by atoms with Crippen LogP contribution in [-0.4, -0.2) is 87.2 Å². The van der Waals surface area contributed by atoms with Crippen LogP contribution in [-0.2, 0) is 23.9 Å². The third kappa shape index (κ3) is 7.42. The van der Waals surface area contributed by atoms with Gasteiger partial charge in [-0.2, -0.15) is 4.98 Å². The number of aryl methyl sites for hydroxylation is 1. The van der Waals surface area contributed by atoms with E-state index in [1.54, 1.807) is 6.20 Å². The Hall–Kier alpha value is -4.59. The molecule has 2 N–H and O–H groups in total. The first kappa shape index (κ1) is 34.8. The number of nitrogens with one attached hydrogen (secondary N) is 2. The van der Waals surface area contributed by atoms with Gasteiger partial charge in [-0.15, -0.1) is 11.3 Å². The number of ether oxygens (including phenoxy) is 3. The molecule has 3 aromatic heterocycles. The lowest BCUT2D eigenvalue weighted by Gasteiger charge is -2.29. The summed E-state index contributed by atoms with van der Waals surface area (Å²) in [5, 5.41) is 7.80. The van der Waals surface area contributed by atoms with Gasteiger partial charge in [0, 0.05) is 18.5 Å². The Bertz CT molecular complexity index is 1810. The fourth-order valence-electron chi connectivity index (χ4n) is 7.50. The lowest BCUT2D eigenvalue weighted by atomic mass is 10.0. The maximum Gasteiger partial charge on any atom is 0.408 e. The number of amides is 3. The van der Waals surface area contributed by atoms with Crippen molar-refractivity contribution in [3.63, 3.8) is 0 Å². The molecule has 3 aromatic rings. The summed E-state index contributed by atoms with van der Waals surface area (Å²) in [5.41, 5.74) is 1.09. The Morgan fingerprint density at radius 1 is 1.06 bits per heavy atom. The molecule has 2 aliphatic heterocycles. The van der Waals surface area contributed by atoms with Crippen molar-refractivity contribution in [2.75, 3.05) is 13.7 Å². The van der Waals surface area contributed by atoms with Gasteiger partial charge in [0.1, 0.15) is 40.2 Å². The number of hydrogen-bond donors (Lipinski definition) is 2. The Balaban J connectivity index is 1.19. The summed E-state index contributed by atoms with van der Waals surface area (Å²) in [4.78, 5) is 70.3. The van der Waals surface area contributed by atoms with Crippen LogP contribution in [0.5, 0.6) is 5.88 Å². The van der Waals surface area contributed by atoms with E-state index in [1.165, 1.54) is 23.3 Å². The lowest BCUT2D eigenvalue weighted by molar-refractivity contribution is -0.148. The van der Waals surface area contributed by atoms with E-state index in [1.807, 2.05) is 42.7 Å². The van der Waals surface area contributed by atoms with Crippen molar-refractivity contribution in [1.82, 2.24) is 30.5 Å². The normalized spacial score (nSPS) is 27.1. The molecule has 2 saturated carbocycles. The number of thiophene rings is 1. The van der Waals surface area contributed by atoms with Crippen molar-refractivity contribution >= 4 is 45.4 Å². The summed E-state index contributed by atoms with van der Waals surface area (Å²) >= 11 is 1.46. The minimum absolute atomic E-state index is 0.0656. The van der Waals surface area contributed by atoms with Crippen molar-refractivity contribution in [2.24, 2.45) is 5.92 Å². The van der Waals surface area contributed by atoms with E-state index in [2.05, 4.69) is 15.6 Å². The van der Waals surface area contributed by atoms with Crippen LogP contribution >= 0.6 is 11.3 Å². The van der Waals surface area contributed by atoms with Crippen molar-refractivity contribution in [3.8, 4) is 17.4 Å². The number of esters is 1. The van der Waals surface area contributed by atoms with Gasteiger partial charge in [0.25, 0.3) is 0 Å². The van der Waals surface area contributed by atoms with Crippen LogP contribution in [0.3, 0.4) is 0 Å². The maximum atomic E-state index is 14.5. The second kappa shape index (κ2) is 14.9. The molecule has 7 rings (SSSR count). The molecule has 13 nitrogen and oxygen atoms in total. The first-order chi connectivity index (χ1) is 24.8. The lowest BCUT2D eigenvalue weighted by Crippen LogP contribution is -2.56. The van der Waals surface area contributed by atoms with E-state index < -0.39 is 47.6 Å². The van der Waals surface area contributed by atoms with Gasteiger partial charge in [-0.3, -0.25) is 14.6 Å². The van der Waals surface area contributed by atoms with Crippen LogP contribution in [0.25, 0.3) is 21.7 Å². The number of alkyl carbamates (subject to hydrolysis) is 1. The first-order valence-electron chi connectivity index (χ1n) is 17.9. The summed E-state index contributed by atoms with van der Waals surface area (Å²) in [6, 6.07) is 3.62. The van der Waals surface area contributed by atoms with Gasteiger partial charge in [0.2, 0.25) is 17.7 Å². The van der Waals surface area contributed by atoms with E-state index >= 15 is 0 Å². The van der Waals surface area contributed by atoms with Gasteiger partial charge < -0.3 is 29.7 Å². The maximum absolute atomic E-state index is 14.5. The predicted octanol–water partition coefficient (Wildman–Crippen LogP) is 5.02. The zero-order chi connectivity index (χ0) is 35.5. The van der Waals surface area contributed by atoms with Crippen molar-refractivity contribution in [1.29, 1.82) is 0 Å². The molecule has 51 heavy (non-hydrogen) atoms. The number of rotatable bonds is 6. The third-order valence-electron chi connectivity index (χ3n) is 10.4. The SMILES string of the molecule is COC(=O)[C@@]12C[C@H]1C=CCCCCC[C@H](NC(=O)OC1CCCC1)C(=O)N1C[C@H](Oc3nc(-c4ccccn4)nc4c(C)csc34)C[C@H]1C(=O)N2. The highest BCUT2D eigenvalue weighted by Gasteiger charge is 2.62. The number of nitrogens with zero attached hydrogens (tertiary/aromatic N) is 4. The van der Waals surface area contributed by atoms with E-state index in [9.17, 15) is 19.2 Å². The minimum Gasteiger partial charge on any atom is -0.471 e. The second-order valence-electron chi connectivity index (χ2n) is 14.0. The molecular weight excluding hydrogens is 673 g/mol. The van der Waals surface area contributed by atoms with Gasteiger partial charge >= 0.3 is 12.1 Å². The number of carbonyl (C=O) groups is 4. The summed E-state index contributed by atoms with van der Waals surface area (Å²) in [6.07, 6.45) is 12.0. The zero-order valence-corrected chi connectivity index (χ0v) is 29.8. The summed E-state index contributed by atoms with van der Waals surface area (Å²) in [5.74, 6) is -0.867. The monoisotopic (exact) mass is 716 g/mol. The molecule has 3 fully saturated rings. The Kier molecular flexibility index (Phi) is 10.2. The molecule has 0 unspecified atom stereocenters. The largest absolute Gasteiger partial charge is 0.471 e. The van der Waals surface area contributed by atoms with Crippen LogP contribution < -0.4 is 15.4 Å². The smallest absolute Gasteiger partial charge is 0.408 e. The second-order valence-corrected chi connectivity index (χ2v) is 14.9. The first-order valence-corrected chi connectivity index (χ1v) is 18.8. The van der Waals surface area contributed by atoms with E-state index in [0.29, 0.717) is 36.7 Å². The number of carbonyl (C=O) groups excluding carboxylic acids is 4. The molecule has 5 heterocycles. The zero-order valence-electron chi connectivity index (χ0n) is 29.0. The number of allylic oxidation sites excluding steroid dienone is 1. The van der Waals surface area contributed by atoms with Crippen LogP contribution in [0.4, 0.5) is 4.79 Å². The van der Waals surface area contributed by atoms with E-state index in [0.717, 1.165) is 60.7 Å². The van der Waals surface area contributed by atoms with Gasteiger partial charge in [-0.1, -0.05) is 31.1 Å². The van der Waals surface area contributed by atoms with Gasteiger partial charge in [0.05, 0.1) is 19.2 Å². The topological polar surface area (TPSA) is 162 Å². The summed E-state index contributed by atoms with van der Waals surface area (Å²) in [6.45, 7) is 2.03. The van der Waals surface area contributed by atoms with Gasteiger partial charge in [-0.25, -0.2) is 14.6 Å². The molecule has 0 spiro atoms. The average Bonchev–Trinajstić information content (AvgIpc) is 3.51. The van der Waals surface area contributed by atoms with E-state index in [4.69, 9.17) is 24.2 Å². The van der Waals surface area contributed by atoms with Crippen LogP contribution in [0.1, 0.15) is 76.2 Å². The highest BCUT2D eigenvalue weighted by atomic mass is 32.1. The molecule has 3 amide bonds. The highest BCUT2D eigenvalue weighted by Crippen LogP contribution is 2.46. The van der Waals surface area contributed by atoms with Crippen molar-refractivity contribution in [2.45, 2.75) is 107 Å². The third-order valence-corrected chi connectivity index (χ3v) is 11.5. The van der Waals surface area contributed by atoms with Crippen molar-refractivity contribution in [3.05, 3.63) is 47.5 Å². The number of hydrogen-bond acceptors (Lipinski definition) is 11. The molecule has 0 bridgehead atoms. The average molecular weight is 717 g/mol. The van der Waals surface area contributed by atoms with Gasteiger partial charge in [0.15, 0.2) is 5.82 Å². The fourth-order valence-corrected chi connectivity index (χ4v) is 8.42. The Morgan fingerprint density at radius 2 is 1.88 bits per heavy atom. The van der Waals surface area contributed by atoms with Crippen LogP contribution in [0.2, 0.25) is 0 Å². The molecule has 1 saturated heterocycles. The number of fused-ring (bicyclic) bond motifs is 3. The summed E-state index contributed by atoms with van der Waals surface area (Å²) < 4.78 is 18.1. The van der Waals surface area contributed by atoms with E-state index in [-0.39, 0.29) is 25.0 Å². The Morgan fingerprint density at radius 3 is 2.67 bits per heavy atom. The standard InChI is InChI=1S/C37H44N6O7S/c1-22-21-51-30-29(22)40-31(26-15-10-11-17-38-26)41-33(30)49-25-18-28-32(44)42-37(35(46)48-2)19-23(37)12-6-4-3-5-7-16-27(34(45)43(28)20-25)39-36(47)50-24-13-8-9-14-24/h6,10-12,15,17,21,23-25,27-28H,3-5,7-9,13-14,16,18-20H2,1-2H3,(H,39,47)(H,42,44)/t23-,25-,27+,28+,37-/m1/s1. The van der Waals surface area contributed by atoms with Crippen LogP contribution in [0, 0.1) is 12.8 Å². The van der Waals surface area contributed by atoms with Crippen LogP contribution in [0.15, 0.2) is 41.9 Å². The summed E-state index contributed by atoms with van der Waals surface area (Å²) in [7, 11) is 1.31. The molecule has 4 aliphatic rings. The quantitative estimate of drug-likeness (QED) is 0.262. The molecule has 0 aromatic carbocycles. The highest BCUT2D eigenvalue weighted by molar-refractivity contribution is 7.17. The Labute approximate surface area is 300 Å².